The molecule has 0 aliphatic heterocycles. The Balaban J connectivity index is 2.22. The number of hydrogen-bond acceptors (Lipinski definition) is 3. The van der Waals surface area contributed by atoms with Gasteiger partial charge in [0, 0.05) is 24.8 Å². The van der Waals surface area contributed by atoms with Crippen LogP contribution in [0.4, 0.5) is 0 Å². The summed E-state index contributed by atoms with van der Waals surface area (Å²) in [5.41, 5.74) is 1.18. The van der Waals surface area contributed by atoms with Gasteiger partial charge in [-0.3, -0.25) is 0 Å². The summed E-state index contributed by atoms with van der Waals surface area (Å²) in [5, 5.41) is 3.37. The lowest BCUT2D eigenvalue weighted by Gasteiger charge is -2.09. The fourth-order valence-electron chi connectivity index (χ4n) is 1.85. The van der Waals surface area contributed by atoms with Crippen molar-refractivity contribution in [2.24, 2.45) is 5.92 Å². The third-order valence-corrected chi connectivity index (χ3v) is 2.85. The van der Waals surface area contributed by atoms with Crippen LogP contribution in [0.15, 0.2) is 16.7 Å². The molecule has 0 spiro atoms. The molecule has 0 aliphatic rings. The van der Waals surface area contributed by atoms with Crippen molar-refractivity contribution in [1.29, 1.82) is 0 Å². The first-order valence-corrected chi connectivity index (χ1v) is 6.99. The highest BCUT2D eigenvalue weighted by molar-refractivity contribution is 5.12. The minimum atomic E-state index is 0.495. The van der Waals surface area contributed by atoms with Crippen molar-refractivity contribution >= 4 is 0 Å². The molecule has 0 aromatic carbocycles. The summed E-state index contributed by atoms with van der Waals surface area (Å²) < 4.78 is 11.1. The van der Waals surface area contributed by atoms with E-state index >= 15 is 0 Å². The van der Waals surface area contributed by atoms with Crippen molar-refractivity contribution in [2.75, 3.05) is 6.61 Å². The topological polar surface area (TPSA) is 34.4 Å². The average molecular weight is 253 g/mol. The normalized spacial score (nSPS) is 13.2. The minimum absolute atomic E-state index is 0.495. The second-order valence-electron chi connectivity index (χ2n) is 5.37. The van der Waals surface area contributed by atoms with E-state index in [1.807, 2.05) is 6.26 Å². The molecule has 1 heterocycles. The Morgan fingerprint density at radius 1 is 1.33 bits per heavy atom. The first-order chi connectivity index (χ1) is 8.61. The molecule has 1 atom stereocenters. The van der Waals surface area contributed by atoms with Gasteiger partial charge in [-0.1, -0.05) is 34.1 Å². The van der Waals surface area contributed by atoms with E-state index in [1.165, 1.54) is 18.4 Å². The Kier molecular flexibility index (Phi) is 7.06. The highest BCUT2D eigenvalue weighted by Crippen LogP contribution is 2.11. The Bertz CT molecular complexity index is 320. The number of furan rings is 1. The van der Waals surface area contributed by atoms with Crippen molar-refractivity contribution in [3.05, 3.63) is 23.7 Å². The van der Waals surface area contributed by atoms with Gasteiger partial charge >= 0.3 is 0 Å². The zero-order valence-electron chi connectivity index (χ0n) is 12.2. The van der Waals surface area contributed by atoms with Crippen molar-refractivity contribution < 1.29 is 9.15 Å². The second-order valence-corrected chi connectivity index (χ2v) is 5.37. The van der Waals surface area contributed by atoms with Gasteiger partial charge in [0.15, 0.2) is 0 Å². The van der Waals surface area contributed by atoms with E-state index in [0.717, 1.165) is 18.9 Å². The summed E-state index contributed by atoms with van der Waals surface area (Å²) in [7, 11) is 0. The van der Waals surface area contributed by atoms with Crippen molar-refractivity contribution in [3.8, 4) is 0 Å². The van der Waals surface area contributed by atoms with Crippen LogP contribution in [0.2, 0.25) is 0 Å². The van der Waals surface area contributed by atoms with Crippen LogP contribution in [-0.4, -0.2) is 12.6 Å². The lowest BCUT2D eigenvalue weighted by atomic mass is 10.1. The first-order valence-electron chi connectivity index (χ1n) is 6.99. The van der Waals surface area contributed by atoms with Crippen molar-refractivity contribution in [2.45, 2.75) is 59.7 Å². The highest BCUT2D eigenvalue weighted by atomic mass is 16.5. The number of ether oxygens (including phenoxy) is 1. The number of hydrogen-bond donors (Lipinski definition) is 1. The third kappa shape index (κ3) is 6.22. The van der Waals surface area contributed by atoms with Crippen LogP contribution in [0.25, 0.3) is 0 Å². The van der Waals surface area contributed by atoms with Gasteiger partial charge < -0.3 is 14.5 Å². The minimum Gasteiger partial charge on any atom is -0.467 e. The molecule has 1 unspecified atom stereocenters. The molecule has 0 saturated heterocycles. The molecule has 3 nitrogen and oxygen atoms in total. The molecule has 104 valence electrons. The summed E-state index contributed by atoms with van der Waals surface area (Å²) in [6.45, 7) is 11.0. The first kappa shape index (κ1) is 15.3. The van der Waals surface area contributed by atoms with Crippen LogP contribution in [0.5, 0.6) is 0 Å². The van der Waals surface area contributed by atoms with Gasteiger partial charge in [-0.15, -0.1) is 0 Å². The van der Waals surface area contributed by atoms with E-state index in [0.29, 0.717) is 18.6 Å². The summed E-state index contributed by atoms with van der Waals surface area (Å²) in [4.78, 5) is 0. The Hall–Kier alpha value is -0.800. The maximum atomic E-state index is 5.66. The van der Waals surface area contributed by atoms with E-state index < -0.39 is 0 Å². The fraction of sp³-hybridized carbons (Fsp3) is 0.733. The van der Waals surface area contributed by atoms with Gasteiger partial charge in [-0.05, 0) is 18.4 Å². The summed E-state index contributed by atoms with van der Waals surface area (Å²) in [6.07, 6.45) is 4.25. The van der Waals surface area contributed by atoms with Gasteiger partial charge in [0.05, 0.1) is 6.26 Å². The molecule has 18 heavy (non-hydrogen) atoms. The maximum Gasteiger partial charge on any atom is 0.129 e. The molecule has 1 aromatic heterocycles. The summed E-state index contributed by atoms with van der Waals surface area (Å²) >= 11 is 0. The Morgan fingerprint density at radius 3 is 2.78 bits per heavy atom. The molecule has 1 aromatic rings. The average Bonchev–Trinajstić information content (AvgIpc) is 2.75. The molecule has 1 N–H and O–H groups in total. The van der Waals surface area contributed by atoms with Crippen LogP contribution in [0, 0.1) is 5.92 Å². The molecule has 0 radical (unpaired) electrons. The standard InChI is InChI=1S/C15H27NO2/c1-5-6-13(4)9-17-11-15-7-14(10-18-15)8-16-12(2)3/h7,10,12-13,16H,5-6,8-9,11H2,1-4H3. The lowest BCUT2D eigenvalue weighted by molar-refractivity contribution is 0.0776. The van der Waals surface area contributed by atoms with Gasteiger partial charge in [0.25, 0.3) is 0 Å². The molecule has 3 heteroatoms. The SMILES string of the molecule is CCCC(C)COCc1cc(CNC(C)C)co1. The molecular weight excluding hydrogens is 226 g/mol. The molecular formula is C15H27NO2. The number of rotatable bonds is 9. The largest absolute Gasteiger partial charge is 0.467 e. The van der Waals surface area contributed by atoms with Crippen LogP contribution < -0.4 is 5.32 Å². The van der Waals surface area contributed by atoms with E-state index in [1.54, 1.807) is 0 Å². The predicted molar refractivity (Wildman–Crippen MR) is 74.4 cm³/mol. The molecule has 0 saturated carbocycles. The zero-order chi connectivity index (χ0) is 13.4. The van der Waals surface area contributed by atoms with Crippen LogP contribution >= 0.6 is 0 Å². The van der Waals surface area contributed by atoms with Crippen LogP contribution in [0.3, 0.4) is 0 Å². The smallest absolute Gasteiger partial charge is 0.129 e. The fourth-order valence-corrected chi connectivity index (χ4v) is 1.85. The summed E-state index contributed by atoms with van der Waals surface area (Å²) in [6, 6.07) is 2.56. The van der Waals surface area contributed by atoms with Crippen molar-refractivity contribution in [3.63, 3.8) is 0 Å². The molecule has 1 rings (SSSR count). The second kappa shape index (κ2) is 8.33. The summed E-state index contributed by atoms with van der Waals surface area (Å²) in [5.74, 6) is 1.55. The lowest BCUT2D eigenvalue weighted by Crippen LogP contribution is -2.21. The van der Waals surface area contributed by atoms with Gasteiger partial charge in [0.1, 0.15) is 12.4 Å². The van der Waals surface area contributed by atoms with Gasteiger partial charge in [-0.2, -0.15) is 0 Å². The Labute approximate surface area is 111 Å². The Morgan fingerprint density at radius 2 is 2.11 bits per heavy atom. The van der Waals surface area contributed by atoms with Gasteiger partial charge in [-0.25, -0.2) is 0 Å². The highest BCUT2D eigenvalue weighted by Gasteiger charge is 2.05. The van der Waals surface area contributed by atoms with E-state index in [9.17, 15) is 0 Å². The van der Waals surface area contributed by atoms with E-state index in [-0.39, 0.29) is 0 Å². The van der Waals surface area contributed by atoms with Crippen LogP contribution in [0.1, 0.15) is 51.9 Å². The molecule has 0 fully saturated rings. The monoisotopic (exact) mass is 253 g/mol. The van der Waals surface area contributed by atoms with Crippen molar-refractivity contribution in [1.82, 2.24) is 5.32 Å². The quantitative estimate of drug-likeness (QED) is 0.728. The third-order valence-electron chi connectivity index (χ3n) is 2.85. The van der Waals surface area contributed by atoms with Crippen LogP contribution in [-0.2, 0) is 17.9 Å². The maximum absolute atomic E-state index is 5.66. The van der Waals surface area contributed by atoms with E-state index in [2.05, 4.69) is 39.1 Å². The predicted octanol–water partition coefficient (Wildman–Crippen LogP) is 3.73. The molecule has 0 aliphatic carbocycles. The molecule has 0 bridgehead atoms. The number of nitrogens with one attached hydrogen (secondary N) is 1. The zero-order valence-corrected chi connectivity index (χ0v) is 12.2. The molecule has 0 amide bonds. The van der Waals surface area contributed by atoms with E-state index in [4.69, 9.17) is 9.15 Å². The van der Waals surface area contributed by atoms with Gasteiger partial charge in [0.2, 0.25) is 0 Å².